The van der Waals surface area contributed by atoms with E-state index in [9.17, 15) is 4.21 Å². The molecule has 0 fully saturated rings. The van der Waals surface area contributed by atoms with Crippen LogP contribution in [0.5, 0.6) is 5.75 Å². The molecule has 3 unspecified atom stereocenters. The van der Waals surface area contributed by atoms with E-state index in [-0.39, 0.29) is 11.3 Å². The molecule has 0 saturated carbocycles. The molecule has 106 valence electrons. The van der Waals surface area contributed by atoms with Crippen LogP contribution < -0.4 is 10.5 Å². The van der Waals surface area contributed by atoms with Gasteiger partial charge in [0.1, 0.15) is 5.75 Å². The first-order chi connectivity index (χ1) is 9.17. The number of rotatable bonds is 5. The van der Waals surface area contributed by atoms with Gasteiger partial charge < -0.3 is 10.5 Å². The monoisotopic (exact) mass is 281 g/mol. The Morgan fingerprint density at radius 2 is 2.26 bits per heavy atom. The minimum absolute atomic E-state index is 0.0890. The number of benzene rings is 1. The predicted octanol–water partition coefficient (Wildman–Crippen LogP) is 2.56. The highest BCUT2D eigenvalue weighted by atomic mass is 32.2. The number of hydrogen-bond donors (Lipinski definition) is 1. The molecule has 0 heterocycles. The molecule has 3 nitrogen and oxygen atoms in total. The molecule has 0 aliphatic heterocycles. The molecule has 1 aliphatic rings. The smallest absolute Gasteiger partial charge is 0.119 e. The highest BCUT2D eigenvalue weighted by Crippen LogP contribution is 2.33. The molecular weight excluding hydrogens is 258 g/mol. The molecule has 4 heteroatoms. The van der Waals surface area contributed by atoms with Crippen molar-refractivity contribution in [1.82, 2.24) is 0 Å². The Hall–Kier alpha value is -0.870. The van der Waals surface area contributed by atoms with Crippen molar-refractivity contribution in [2.45, 2.75) is 43.9 Å². The second-order valence-electron chi connectivity index (χ2n) is 5.11. The van der Waals surface area contributed by atoms with Crippen molar-refractivity contribution in [1.29, 1.82) is 0 Å². The zero-order valence-electron chi connectivity index (χ0n) is 11.7. The van der Waals surface area contributed by atoms with Crippen molar-refractivity contribution in [3.63, 3.8) is 0 Å². The standard InChI is InChI=1S/C15H23NO2S/c1-3-4-9-19(17)14-8-6-11-5-7-12(18-2)10-13(11)15(14)16/h5,7,10,14-15H,3-4,6,8-9,16H2,1-2H3. The van der Waals surface area contributed by atoms with E-state index < -0.39 is 10.8 Å². The second kappa shape index (κ2) is 6.53. The Labute approximate surface area is 118 Å². The SMILES string of the molecule is CCCCS(=O)C1CCc2ccc(OC)cc2C1N. The zero-order valence-corrected chi connectivity index (χ0v) is 12.5. The molecule has 1 aromatic carbocycles. The molecule has 0 saturated heterocycles. The Balaban J connectivity index is 2.18. The fraction of sp³-hybridized carbons (Fsp3) is 0.600. The summed E-state index contributed by atoms with van der Waals surface area (Å²) in [5.41, 5.74) is 8.72. The average Bonchev–Trinajstić information content (AvgIpc) is 2.45. The molecule has 0 spiro atoms. The third kappa shape index (κ3) is 3.18. The molecule has 1 aromatic rings. The summed E-state index contributed by atoms with van der Waals surface area (Å²) in [6.07, 6.45) is 3.99. The van der Waals surface area contributed by atoms with Gasteiger partial charge in [-0.15, -0.1) is 0 Å². The number of ether oxygens (including phenoxy) is 1. The Morgan fingerprint density at radius 1 is 1.47 bits per heavy atom. The Bertz CT molecular complexity index is 461. The van der Waals surface area contributed by atoms with Gasteiger partial charge in [0.25, 0.3) is 0 Å². The first-order valence-corrected chi connectivity index (χ1v) is 8.35. The van der Waals surface area contributed by atoms with E-state index in [4.69, 9.17) is 10.5 Å². The summed E-state index contributed by atoms with van der Waals surface area (Å²) in [7, 11) is 0.842. The van der Waals surface area contributed by atoms with E-state index in [1.165, 1.54) is 5.56 Å². The van der Waals surface area contributed by atoms with E-state index in [1.807, 2.05) is 12.1 Å². The van der Waals surface area contributed by atoms with Crippen LogP contribution in [-0.2, 0) is 17.2 Å². The van der Waals surface area contributed by atoms with E-state index in [0.717, 1.165) is 42.7 Å². The van der Waals surface area contributed by atoms with Gasteiger partial charge >= 0.3 is 0 Å². The van der Waals surface area contributed by atoms with Crippen molar-refractivity contribution in [3.8, 4) is 5.75 Å². The lowest BCUT2D eigenvalue weighted by Crippen LogP contribution is -2.35. The zero-order chi connectivity index (χ0) is 13.8. The van der Waals surface area contributed by atoms with Crippen LogP contribution >= 0.6 is 0 Å². The van der Waals surface area contributed by atoms with E-state index >= 15 is 0 Å². The normalized spacial score (nSPS) is 23.7. The van der Waals surface area contributed by atoms with Crippen LogP contribution in [0.3, 0.4) is 0 Å². The molecule has 3 atom stereocenters. The molecule has 0 aromatic heterocycles. The van der Waals surface area contributed by atoms with Crippen molar-refractivity contribution in [2.24, 2.45) is 5.73 Å². The highest BCUT2D eigenvalue weighted by molar-refractivity contribution is 7.85. The van der Waals surface area contributed by atoms with Gasteiger partial charge in [0, 0.05) is 22.6 Å². The van der Waals surface area contributed by atoms with Crippen LogP contribution in [0.25, 0.3) is 0 Å². The van der Waals surface area contributed by atoms with Gasteiger partial charge in [0.15, 0.2) is 0 Å². The minimum Gasteiger partial charge on any atom is -0.497 e. The maximum atomic E-state index is 12.3. The summed E-state index contributed by atoms with van der Waals surface area (Å²) in [5, 5.41) is 0.0890. The molecule has 0 bridgehead atoms. The van der Waals surface area contributed by atoms with Gasteiger partial charge in [-0.1, -0.05) is 19.4 Å². The van der Waals surface area contributed by atoms with Gasteiger partial charge in [0.05, 0.1) is 12.4 Å². The number of aryl methyl sites for hydroxylation is 1. The van der Waals surface area contributed by atoms with Gasteiger partial charge in [-0.25, -0.2) is 0 Å². The van der Waals surface area contributed by atoms with Gasteiger partial charge in [-0.05, 0) is 42.5 Å². The summed E-state index contributed by atoms with van der Waals surface area (Å²) in [6.45, 7) is 2.12. The molecule has 2 N–H and O–H groups in total. The van der Waals surface area contributed by atoms with Crippen LogP contribution in [0.15, 0.2) is 18.2 Å². The fourth-order valence-corrected chi connectivity index (χ4v) is 4.38. The third-order valence-electron chi connectivity index (χ3n) is 3.85. The fourth-order valence-electron chi connectivity index (χ4n) is 2.65. The first kappa shape index (κ1) is 14.5. The van der Waals surface area contributed by atoms with Crippen molar-refractivity contribution in [2.75, 3.05) is 12.9 Å². The number of methoxy groups -OCH3 is 1. The average molecular weight is 281 g/mol. The van der Waals surface area contributed by atoms with Gasteiger partial charge in [-0.2, -0.15) is 0 Å². The number of nitrogens with two attached hydrogens (primary N) is 1. The second-order valence-corrected chi connectivity index (χ2v) is 6.88. The lowest BCUT2D eigenvalue weighted by Gasteiger charge is -2.30. The van der Waals surface area contributed by atoms with Crippen molar-refractivity contribution >= 4 is 10.8 Å². The minimum atomic E-state index is -0.818. The first-order valence-electron chi connectivity index (χ1n) is 6.97. The quantitative estimate of drug-likeness (QED) is 0.902. The summed E-state index contributed by atoms with van der Waals surface area (Å²) in [6, 6.07) is 5.93. The van der Waals surface area contributed by atoms with Crippen LogP contribution in [-0.4, -0.2) is 22.3 Å². The molecule has 0 amide bonds. The lowest BCUT2D eigenvalue weighted by molar-refractivity contribution is 0.412. The maximum absolute atomic E-state index is 12.3. The summed E-state index contributed by atoms with van der Waals surface area (Å²) in [5.74, 6) is 1.60. The predicted molar refractivity (Wildman–Crippen MR) is 79.9 cm³/mol. The van der Waals surface area contributed by atoms with E-state index in [0.29, 0.717) is 0 Å². The lowest BCUT2D eigenvalue weighted by atomic mass is 9.87. The number of fused-ring (bicyclic) bond motifs is 1. The van der Waals surface area contributed by atoms with Gasteiger partial charge in [-0.3, -0.25) is 4.21 Å². The molecule has 19 heavy (non-hydrogen) atoms. The van der Waals surface area contributed by atoms with E-state index in [1.54, 1.807) is 7.11 Å². The Morgan fingerprint density at radius 3 is 2.95 bits per heavy atom. The molecule has 2 rings (SSSR count). The van der Waals surface area contributed by atoms with Crippen LogP contribution in [0.1, 0.15) is 43.4 Å². The Kier molecular flexibility index (Phi) is 4.99. The van der Waals surface area contributed by atoms with Crippen LogP contribution in [0, 0.1) is 0 Å². The summed E-state index contributed by atoms with van der Waals surface area (Å²) in [4.78, 5) is 0. The van der Waals surface area contributed by atoms with Crippen molar-refractivity contribution in [3.05, 3.63) is 29.3 Å². The van der Waals surface area contributed by atoms with Crippen molar-refractivity contribution < 1.29 is 8.95 Å². The summed E-state index contributed by atoms with van der Waals surface area (Å²) < 4.78 is 17.6. The highest BCUT2D eigenvalue weighted by Gasteiger charge is 2.30. The molecule has 1 aliphatic carbocycles. The third-order valence-corrected chi connectivity index (χ3v) is 5.74. The van der Waals surface area contributed by atoms with Crippen LogP contribution in [0.4, 0.5) is 0 Å². The van der Waals surface area contributed by atoms with E-state index in [2.05, 4.69) is 13.0 Å². The van der Waals surface area contributed by atoms with Gasteiger partial charge in [0.2, 0.25) is 0 Å². The molecular formula is C15H23NO2S. The maximum Gasteiger partial charge on any atom is 0.119 e. The molecule has 0 radical (unpaired) electrons. The topological polar surface area (TPSA) is 52.3 Å². The number of hydrogen-bond acceptors (Lipinski definition) is 3. The number of unbranched alkanes of at least 4 members (excludes halogenated alkanes) is 1. The largest absolute Gasteiger partial charge is 0.497 e. The van der Waals surface area contributed by atoms with Crippen LogP contribution in [0.2, 0.25) is 0 Å². The summed E-state index contributed by atoms with van der Waals surface area (Å²) >= 11 is 0.